The van der Waals surface area contributed by atoms with E-state index >= 15 is 0 Å². The van der Waals surface area contributed by atoms with Crippen molar-refractivity contribution in [3.05, 3.63) is 59.8 Å². The number of aromatic nitrogens is 3. The van der Waals surface area contributed by atoms with Crippen molar-refractivity contribution in [2.24, 2.45) is 5.73 Å². The van der Waals surface area contributed by atoms with Crippen LogP contribution in [-0.4, -0.2) is 21.1 Å². The Kier molecular flexibility index (Phi) is 3.92. The summed E-state index contributed by atoms with van der Waals surface area (Å²) < 4.78 is 2.17. The first-order valence-corrected chi connectivity index (χ1v) is 8.24. The summed E-state index contributed by atoms with van der Waals surface area (Å²) >= 11 is 0. The molecular formula is C20H18N6. The maximum Gasteiger partial charge on any atom is 0.222 e. The minimum Gasteiger partial charge on any atom is -0.383 e. The summed E-state index contributed by atoms with van der Waals surface area (Å²) in [4.78, 5) is 8.36. The number of nitrogens with zero attached hydrogens (tertiary/aromatic N) is 3. The van der Waals surface area contributed by atoms with E-state index in [2.05, 4.69) is 38.5 Å². The van der Waals surface area contributed by atoms with Crippen LogP contribution in [0, 0.1) is 11.8 Å². The molecular weight excluding hydrogens is 324 g/mol. The average molecular weight is 342 g/mol. The Morgan fingerprint density at radius 2 is 1.77 bits per heavy atom. The summed E-state index contributed by atoms with van der Waals surface area (Å²) in [5.74, 6) is 6.48. The standard InChI is InChI=1S/C20H18N6/c21-10-1-2-13-3-5-14(6-4-13)12-26-11-9-15-17(26)8-7-16-18(15)19(22)25-20(23)24-16/h3-9,11H,10,12,21H2,(H4,22,23,24,25). The van der Waals surface area contributed by atoms with E-state index < -0.39 is 0 Å². The molecule has 6 nitrogen and oxygen atoms in total. The van der Waals surface area contributed by atoms with Crippen LogP contribution < -0.4 is 17.2 Å². The fourth-order valence-electron chi connectivity index (χ4n) is 3.13. The molecule has 26 heavy (non-hydrogen) atoms. The molecule has 0 amide bonds. The van der Waals surface area contributed by atoms with Gasteiger partial charge in [0.15, 0.2) is 0 Å². The molecule has 0 aliphatic carbocycles. The fraction of sp³-hybridized carbons (Fsp3) is 0.100. The van der Waals surface area contributed by atoms with Crippen LogP contribution in [0.4, 0.5) is 11.8 Å². The smallest absolute Gasteiger partial charge is 0.222 e. The highest BCUT2D eigenvalue weighted by molar-refractivity contribution is 6.10. The first-order chi connectivity index (χ1) is 12.7. The topological polar surface area (TPSA) is 109 Å². The third-order valence-corrected chi connectivity index (χ3v) is 4.30. The lowest BCUT2D eigenvalue weighted by atomic mass is 10.1. The lowest BCUT2D eigenvalue weighted by molar-refractivity contribution is 0.837. The van der Waals surface area contributed by atoms with Crippen molar-refractivity contribution in [2.75, 3.05) is 18.0 Å². The van der Waals surface area contributed by atoms with E-state index in [9.17, 15) is 0 Å². The number of benzene rings is 2. The third kappa shape index (κ3) is 2.81. The monoisotopic (exact) mass is 342 g/mol. The Balaban J connectivity index is 1.73. The predicted octanol–water partition coefficient (Wildman–Crippen LogP) is 2.11. The molecule has 0 spiro atoms. The van der Waals surface area contributed by atoms with Crippen LogP contribution in [0.15, 0.2) is 48.7 Å². The van der Waals surface area contributed by atoms with Crippen LogP contribution in [0.3, 0.4) is 0 Å². The van der Waals surface area contributed by atoms with Gasteiger partial charge < -0.3 is 21.8 Å². The average Bonchev–Trinajstić information content (AvgIpc) is 3.03. The van der Waals surface area contributed by atoms with Crippen LogP contribution >= 0.6 is 0 Å². The van der Waals surface area contributed by atoms with Gasteiger partial charge in [-0.25, -0.2) is 4.98 Å². The van der Waals surface area contributed by atoms with Crippen LogP contribution in [0.25, 0.3) is 21.8 Å². The van der Waals surface area contributed by atoms with E-state index in [1.807, 2.05) is 36.5 Å². The molecule has 128 valence electrons. The molecule has 6 heteroatoms. The fourth-order valence-corrected chi connectivity index (χ4v) is 3.13. The quantitative estimate of drug-likeness (QED) is 0.483. The second-order valence-electron chi connectivity index (χ2n) is 6.01. The van der Waals surface area contributed by atoms with Gasteiger partial charge in [0.25, 0.3) is 0 Å². The number of hydrogen-bond acceptors (Lipinski definition) is 5. The Morgan fingerprint density at radius 1 is 0.962 bits per heavy atom. The molecule has 0 saturated heterocycles. The van der Waals surface area contributed by atoms with Gasteiger partial charge in [-0.2, -0.15) is 4.98 Å². The zero-order chi connectivity index (χ0) is 18.1. The highest BCUT2D eigenvalue weighted by Crippen LogP contribution is 2.29. The molecule has 2 heterocycles. The largest absolute Gasteiger partial charge is 0.383 e. The second-order valence-corrected chi connectivity index (χ2v) is 6.01. The molecule has 0 bridgehead atoms. The first kappa shape index (κ1) is 15.9. The molecule has 0 fully saturated rings. The summed E-state index contributed by atoms with van der Waals surface area (Å²) in [5.41, 5.74) is 21.2. The number of rotatable bonds is 2. The summed E-state index contributed by atoms with van der Waals surface area (Å²) in [6.45, 7) is 1.11. The molecule has 2 aromatic carbocycles. The summed E-state index contributed by atoms with van der Waals surface area (Å²) in [6, 6.07) is 14.2. The molecule has 0 aliphatic heterocycles. The van der Waals surface area contributed by atoms with Crippen molar-refractivity contribution in [1.82, 2.24) is 14.5 Å². The molecule has 0 saturated carbocycles. The molecule has 0 aliphatic rings. The zero-order valence-corrected chi connectivity index (χ0v) is 14.1. The molecule has 4 aromatic rings. The van der Waals surface area contributed by atoms with E-state index in [0.717, 1.165) is 33.9 Å². The van der Waals surface area contributed by atoms with Crippen molar-refractivity contribution < 1.29 is 0 Å². The normalized spacial score (nSPS) is 10.8. The Morgan fingerprint density at radius 3 is 2.54 bits per heavy atom. The van der Waals surface area contributed by atoms with E-state index in [1.165, 1.54) is 5.56 Å². The molecule has 0 unspecified atom stereocenters. The SMILES string of the molecule is NCC#Cc1ccc(Cn2ccc3c4c(N)nc(N)nc4ccc32)cc1. The lowest BCUT2D eigenvalue weighted by Gasteiger charge is -2.08. The minimum atomic E-state index is 0.187. The van der Waals surface area contributed by atoms with Crippen molar-refractivity contribution in [3.8, 4) is 11.8 Å². The number of nitrogen functional groups attached to an aromatic ring is 2. The van der Waals surface area contributed by atoms with Crippen LogP contribution in [-0.2, 0) is 6.54 Å². The molecule has 2 aromatic heterocycles. The van der Waals surface area contributed by atoms with E-state index in [0.29, 0.717) is 12.4 Å². The van der Waals surface area contributed by atoms with E-state index in [4.69, 9.17) is 17.2 Å². The Labute approximate surface area is 150 Å². The molecule has 0 radical (unpaired) electrons. The highest BCUT2D eigenvalue weighted by Gasteiger charge is 2.11. The summed E-state index contributed by atoms with van der Waals surface area (Å²) in [6.07, 6.45) is 2.04. The van der Waals surface area contributed by atoms with Gasteiger partial charge in [-0.1, -0.05) is 24.0 Å². The van der Waals surface area contributed by atoms with E-state index in [-0.39, 0.29) is 5.95 Å². The van der Waals surface area contributed by atoms with Gasteiger partial charge in [-0.3, -0.25) is 0 Å². The minimum absolute atomic E-state index is 0.187. The highest BCUT2D eigenvalue weighted by atomic mass is 15.0. The summed E-state index contributed by atoms with van der Waals surface area (Å²) in [7, 11) is 0. The van der Waals surface area contributed by atoms with Crippen molar-refractivity contribution in [1.29, 1.82) is 0 Å². The Hall–Kier alpha value is -3.56. The van der Waals surface area contributed by atoms with Crippen molar-refractivity contribution in [2.45, 2.75) is 6.54 Å². The predicted molar refractivity (Wildman–Crippen MR) is 105 cm³/mol. The third-order valence-electron chi connectivity index (χ3n) is 4.30. The van der Waals surface area contributed by atoms with Crippen LogP contribution in [0.1, 0.15) is 11.1 Å². The van der Waals surface area contributed by atoms with Crippen molar-refractivity contribution in [3.63, 3.8) is 0 Å². The Bertz CT molecular complexity index is 1160. The van der Waals surface area contributed by atoms with Gasteiger partial charge in [0.05, 0.1) is 17.4 Å². The first-order valence-electron chi connectivity index (χ1n) is 8.24. The van der Waals surface area contributed by atoms with Gasteiger partial charge in [0.2, 0.25) is 5.95 Å². The van der Waals surface area contributed by atoms with Gasteiger partial charge in [-0.15, -0.1) is 0 Å². The molecule has 4 rings (SSSR count). The van der Waals surface area contributed by atoms with Gasteiger partial charge >= 0.3 is 0 Å². The van der Waals surface area contributed by atoms with Gasteiger partial charge in [0, 0.05) is 29.2 Å². The maximum absolute atomic E-state index is 6.08. The number of fused-ring (bicyclic) bond motifs is 3. The summed E-state index contributed by atoms with van der Waals surface area (Å²) in [5, 5.41) is 1.85. The van der Waals surface area contributed by atoms with Gasteiger partial charge in [-0.05, 0) is 35.9 Å². The molecule has 0 atom stereocenters. The number of hydrogen-bond donors (Lipinski definition) is 3. The molecule has 6 N–H and O–H groups in total. The van der Waals surface area contributed by atoms with Gasteiger partial charge in [0.1, 0.15) is 5.82 Å². The number of nitrogens with two attached hydrogens (primary N) is 3. The number of anilines is 2. The van der Waals surface area contributed by atoms with E-state index in [1.54, 1.807) is 0 Å². The zero-order valence-electron chi connectivity index (χ0n) is 14.1. The second kappa shape index (κ2) is 6.39. The van der Waals surface area contributed by atoms with Crippen LogP contribution in [0.5, 0.6) is 0 Å². The van der Waals surface area contributed by atoms with Crippen LogP contribution in [0.2, 0.25) is 0 Å². The maximum atomic E-state index is 6.08. The van der Waals surface area contributed by atoms with Crippen molar-refractivity contribution >= 4 is 33.6 Å². The lowest BCUT2D eigenvalue weighted by Crippen LogP contribution is -2.01.